The van der Waals surface area contributed by atoms with Crippen molar-refractivity contribution in [3.8, 4) is 0 Å². The fraction of sp³-hybridized carbons (Fsp3) is 0.529. The zero-order valence-corrected chi connectivity index (χ0v) is 14.6. The Balaban J connectivity index is 0.00000232. The molecule has 1 rings (SSSR count). The van der Waals surface area contributed by atoms with Crippen molar-refractivity contribution in [3.63, 3.8) is 0 Å². The number of nitrogens with one attached hydrogen (secondary N) is 1. The molecule has 130 valence electrons. The highest BCUT2D eigenvalue weighted by molar-refractivity contribution is 5.81. The van der Waals surface area contributed by atoms with Gasteiger partial charge in [-0.3, -0.25) is 0 Å². The first kappa shape index (κ1) is 20.9. The number of benzene rings is 1. The standard InChI is InChI=1S/C15H22N2O4.C2H6/c1-15(2,3)21-13(18)12(9-16)17-14(19)20-10-11-7-5-4-6-8-11;1-2/h4-8,12H,9-10,16H2,1-3H3,(H,17,19);1-2H3. The summed E-state index contributed by atoms with van der Waals surface area (Å²) in [7, 11) is 0. The smallest absolute Gasteiger partial charge is 0.408 e. The molecule has 0 saturated carbocycles. The predicted molar refractivity (Wildman–Crippen MR) is 89.8 cm³/mol. The van der Waals surface area contributed by atoms with Gasteiger partial charge in [0.1, 0.15) is 18.2 Å². The van der Waals surface area contributed by atoms with Gasteiger partial charge in [0.05, 0.1) is 0 Å². The highest BCUT2D eigenvalue weighted by atomic mass is 16.6. The Morgan fingerprint density at radius 2 is 1.74 bits per heavy atom. The molecule has 6 nitrogen and oxygen atoms in total. The van der Waals surface area contributed by atoms with Crippen LogP contribution in [-0.2, 0) is 20.9 Å². The van der Waals surface area contributed by atoms with Gasteiger partial charge < -0.3 is 20.5 Å². The van der Waals surface area contributed by atoms with E-state index in [-0.39, 0.29) is 13.2 Å². The summed E-state index contributed by atoms with van der Waals surface area (Å²) >= 11 is 0. The lowest BCUT2D eigenvalue weighted by Crippen LogP contribution is -2.48. The van der Waals surface area contributed by atoms with E-state index in [9.17, 15) is 9.59 Å². The molecule has 0 saturated heterocycles. The van der Waals surface area contributed by atoms with Crippen LogP contribution in [0, 0.1) is 0 Å². The van der Waals surface area contributed by atoms with E-state index in [2.05, 4.69) is 5.32 Å². The summed E-state index contributed by atoms with van der Waals surface area (Å²) in [6.07, 6.45) is -0.708. The molecule has 0 aromatic heterocycles. The topological polar surface area (TPSA) is 90.6 Å². The van der Waals surface area contributed by atoms with Gasteiger partial charge >= 0.3 is 12.1 Å². The van der Waals surface area contributed by atoms with E-state index >= 15 is 0 Å². The van der Waals surface area contributed by atoms with Crippen LogP contribution in [0.5, 0.6) is 0 Å². The molecular formula is C17H28N2O4. The first-order chi connectivity index (χ1) is 10.8. The van der Waals surface area contributed by atoms with Crippen molar-refractivity contribution in [1.29, 1.82) is 0 Å². The minimum Gasteiger partial charge on any atom is -0.458 e. The summed E-state index contributed by atoms with van der Waals surface area (Å²) in [4.78, 5) is 23.5. The summed E-state index contributed by atoms with van der Waals surface area (Å²) in [5.41, 5.74) is 5.69. The third-order valence-corrected chi connectivity index (χ3v) is 2.43. The van der Waals surface area contributed by atoms with Crippen molar-refractivity contribution in [2.45, 2.75) is 52.9 Å². The Morgan fingerprint density at radius 1 is 1.17 bits per heavy atom. The Kier molecular flexibility index (Phi) is 9.65. The number of rotatable bonds is 5. The number of esters is 1. The quantitative estimate of drug-likeness (QED) is 0.813. The van der Waals surface area contributed by atoms with Crippen LogP contribution in [0.3, 0.4) is 0 Å². The molecule has 3 N–H and O–H groups in total. The molecule has 6 heteroatoms. The lowest BCUT2D eigenvalue weighted by atomic mass is 10.2. The van der Waals surface area contributed by atoms with Crippen molar-refractivity contribution in [2.75, 3.05) is 6.54 Å². The van der Waals surface area contributed by atoms with Gasteiger partial charge in [0, 0.05) is 6.54 Å². The molecule has 1 amide bonds. The van der Waals surface area contributed by atoms with E-state index in [1.54, 1.807) is 20.8 Å². The number of nitrogens with two attached hydrogens (primary N) is 1. The molecular weight excluding hydrogens is 296 g/mol. The minimum absolute atomic E-state index is 0.0602. The second-order valence-corrected chi connectivity index (χ2v) is 5.53. The van der Waals surface area contributed by atoms with Crippen molar-refractivity contribution in [3.05, 3.63) is 35.9 Å². The predicted octanol–water partition coefficient (Wildman–Crippen LogP) is 2.61. The number of ether oxygens (including phenoxy) is 2. The molecule has 1 unspecified atom stereocenters. The fourth-order valence-electron chi connectivity index (χ4n) is 1.49. The van der Waals surface area contributed by atoms with E-state index in [4.69, 9.17) is 15.2 Å². The third kappa shape index (κ3) is 9.52. The molecule has 0 aliphatic heterocycles. The van der Waals surface area contributed by atoms with Crippen molar-refractivity contribution < 1.29 is 19.1 Å². The Hall–Kier alpha value is -2.08. The molecule has 0 radical (unpaired) electrons. The van der Waals surface area contributed by atoms with Crippen molar-refractivity contribution in [2.24, 2.45) is 5.73 Å². The zero-order valence-electron chi connectivity index (χ0n) is 14.6. The summed E-state index contributed by atoms with van der Waals surface area (Å²) in [6, 6.07) is 8.31. The number of carbonyl (C=O) groups is 2. The van der Waals surface area contributed by atoms with Gasteiger partial charge in [-0.2, -0.15) is 0 Å². The van der Waals surface area contributed by atoms with Crippen LogP contribution in [-0.4, -0.2) is 30.3 Å². The van der Waals surface area contributed by atoms with Gasteiger partial charge in [0.15, 0.2) is 0 Å². The average Bonchev–Trinajstić information content (AvgIpc) is 2.51. The highest BCUT2D eigenvalue weighted by Crippen LogP contribution is 2.08. The van der Waals surface area contributed by atoms with Gasteiger partial charge in [-0.1, -0.05) is 44.2 Å². The largest absolute Gasteiger partial charge is 0.458 e. The van der Waals surface area contributed by atoms with Crippen molar-refractivity contribution in [1.82, 2.24) is 5.32 Å². The van der Waals surface area contributed by atoms with E-state index in [0.29, 0.717) is 0 Å². The molecule has 0 fully saturated rings. The van der Waals surface area contributed by atoms with Crippen LogP contribution in [0.2, 0.25) is 0 Å². The third-order valence-electron chi connectivity index (χ3n) is 2.43. The zero-order chi connectivity index (χ0) is 17.9. The van der Waals surface area contributed by atoms with E-state index in [1.807, 2.05) is 44.2 Å². The highest BCUT2D eigenvalue weighted by Gasteiger charge is 2.25. The summed E-state index contributed by atoms with van der Waals surface area (Å²) in [6.45, 7) is 9.29. The van der Waals surface area contributed by atoms with Gasteiger partial charge in [-0.15, -0.1) is 0 Å². The van der Waals surface area contributed by atoms with Gasteiger partial charge in [0.2, 0.25) is 0 Å². The molecule has 0 bridgehead atoms. The second-order valence-electron chi connectivity index (χ2n) is 5.53. The number of amides is 1. The van der Waals surface area contributed by atoms with E-state index in [0.717, 1.165) is 5.56 Å². The monoisotopic (exact) mass is 324 g/mol. The minimum atomic E-state index is -0.924. The van der Waals surface area contributed by atoms with Gasteiger partial charge in [-0.05, 0) is 26.3 Å². The molecule has 23 heavy (non-hydrogen) atoms. The molecule has 1 atom stereocenters. The molecule has 0 heterocycles. The van der Waals surface area contributed by atoms with Gasteiger partial charge in [0.25, 0.3) is 0 Å². The number of hydrogen-bond acceptors (Lipinski definition) is 5. The fourth-order valence-corrected chi connectivity index (χ4v) is 1.49. The maximum Gasteiger partial charge on any atom is 0.408 e. The molecule has 1 aromatic carbocycles. The summed E-state index contributed by atoms with van der Waals surface area (Å²) < 4.78 is 10.2. The maximum atomic E-state index is 11.8. The summed E-state index contributed by atoms with van der Waals surface area (Å²) in [5.74, 6) is -0.582. The number of hydrogen-bond donors (Lipinski definition) is 2. The molecule has 0 spiro atoms. The Labute approximate surface area is 138 Å². The van der Waals surface area contributed by atoms with E-state index in [1.165, 1.54) is 0 Å². The molecule has 0 aliphatic rings. The Bertz CT molecular complexity index is 469. The van der Waals surface area contributed by atoms with E-state index < -0.39 is 23.7 Å². The van der Waals surface area contributed by atoms with Crippen LogP contribution >= 0.6 is 0 Å². The van der Waals surface area contributed by atoms with Crippen LogP contribution in [0.15, 0.2) is 30.3 Å². The normalized spacial score (nSPS) is 11.6. The van der Waals surface area contributed by atoms with Crippen LogP contribution in [0.1, 0.15) is 40.2 Å². The first-order valence-electron chi connectivity index (χ1n) is 7.72. The van der Waals surface area contributed by atoms with Crippen LogP contribution < -0.4 is 11.1 Å². The number of alkyl carbamates (subject to hydrolysis) is 1. The Morgan fingerprint density at radius 3 is 2.22 bits per heavy atom. The molecule has 1 aromatic rings. The lowest BCUT2D eigenvalue weighted by molar-refractivity contribution is -0.157. The summed E-state index contributed by atoms with van der Waals surface area (Å²) in [5, 5.41) is 2.40. The lowest BCUT2D eigenvalue weighted by Gasteiger charge is -2.23. The SMILES string of the molecule is CC.CC(C)(C)OC(=O)C(CN)NC(=O)OCc1ccccc1. The van der Waals surface area contributed by atoms with Crippen LogP contribution in [0.4, 0.5) is 4.79 Å². The maximum absolute atomic E-state index is 11.8. The average molecular weight is 324 g/mol. The second kappa shape index (κ2) is 10.6. The van der Waals surface area contributed by atoms with Gasteiger partial charge in [-0.25, -0.2) is 9.59 Å². The first-order valence-corrected chi connectivity index (χ1v) is 7.72. The molecule has 0 aliphatic carbocycles. The number of carbonyl (C=O) groups excluding carboxylic acids is 2. The van der Waals surface area contributed by atoms with Crippen LogP contribution in [0.25, 0.3) is 0 Å². The van der Waals surface area contributed by atoms with Crippen molar-refractivity contribution >= 4 is 12.1 Å².